The van der Waals surface area contributed by atoms with Crippen molar-refractivity contribution < 1.29 is 9.59 Å². The minimum absolute atomic E-state index is 0.0657. The van der Waals surface area contributed by atoms with E-state index in [0.717, 1.165) is 20.6 Å². The fourth-order valence-electron chi connectivity index (χ4n) is 2.42. The Morgan fingerprint density at radius 3 is 2.04 bits per heavy atom. The predicted octanol–water partition coefficient (Wildman–Crippen LogP) is 5.74. The van der Waals surface area contributed by atoms with Gasteiger partial charge in [-0.25, -0.2) is 0 Å². The minimum atomic E-state index is -0.144. The molecule has 0 unspecified atom stereocenters. The first-order valence-electron chi connectivity index (χ1n) is 8.66. The molecule has 142 valence electrons. The number of hydrogen-bond acceptors (Lipinski definition) is 3. The van der Waals surface area contributed by atoms with Crippen LogP contribution >= 0.6 is 27.7 Å². The number of anilines is 2. The summed E-state index contributed by atoms with van der Waals surface area (Å²) in [7, 11) is 0. The van der Waals surface area contributed by atoms with Crippen LogP contribution in [0.25, 0.3) is 0 Å². The molecule has 4 nitrogen and oxygen atoms in total. The zero-order chi connectivity index (χ0) is 19.9. The van der Waals surface area contributed by atoms with Crippen LogP contribution in [0, 0.1) is 6.92 Å². The van der Waals surface area contributed by atoms with Gasteiger partial charge in [0.15, 0.2) is 0 Å². The predicted molar refractivity (Wildman–Crippen MR) is 119 cm³/mol. The van der Waals surface area contributed by atoms with Gasteiger partial charge < -0.3 is 10.6 Å². The first-order valence-corrected chi connectivity index (χ1v) is 10.4. The summed E-state index contributed by atoms with van der Waals surface area (Å²) in [5, 5.41) is 5.74. The Morgan fingerprint density at radius 1 is 0.821 bits per heavy atom. The van der Waals surface area contributed by atoms with Gasteiger partial charge in [-0.2, -0.15) is 0 Å². The van der Waals surface area contributed by atoms with Crippen molar-refractivity contribution in [2.75, 3.05) is 16.4 Å². The maximum absolute atomic E-state index is 12.2. The van der Waals surface area contributed by atoms with Crippen LogP contribution in [0.15, 0.2) is 82.2 Å². The SMILES string of the molecule is Cc1ccc(C(=O)Nc2ccc(SCC(=O)Nc3ccc(Br)cc3)cc2)cc1. The third-order valence-corrected chi connectivity index (χ3v) is 5.46. The van der Waals surface area contributed by atoms with Crippen molar-refractivity contribution in [1.29, 1.82) is 0 Å². The number of halogens is 1. The van der Waals surface area contributed by atoms with Crippen molar-refractivity contribution >= 4 is 50.9 Å². The van der Waals surface area contributed by atoms with E-state index in [0.29, 0.717) is 17.0 Å². The standard InChI is InChI=1S/C22H19BrN2O2S/c1-15-2-4-16(5-3-15)22(27)25-19-10-12-20(13-11-19)28-14-21(26)24-18-8-6-17(23)7-9-18/h2-13H,14H2,1H3,(H,24,26)(H,25,27). The van der Waals surface area contributed by atoms with Gasteiger partial charge in [0.1, 0.15) is 0 Å². The second kappa shape index (κ2) is 9.57. The molecular weight excluding hydrogens is 436 g/mol. The lowest BCUT2D eigenvalue weighted by Crippen LogP contribution is -2.13. The van der Waals surface area contributed by atoms with Gasteiger partial charge in [0.25, 0.3) is 5.91 Å². The number of carbonyl (C=O) groups is 2. The van der Waals surface area contributed by atoms with E-state index in [9.17, 15) is 9.59 Å². The lowest BCUT2D eigenvalue weighted by atomic mass is 10.1. The summed E-state index contributed by atoms with van der Waals surface area (Å²) >= 11 is 4.81. The average molecular weight is 455 g/mol. The summed E-state index contributed by atoms with van der Waals surface area (Å²) in [6.45, 7) is 1.98. The first-order chi connectivity index (χ1) is 13.5. The number of thioether (sulfide) groups is 1. The van der Waals surface area contributed by atoms with Gasteiger partial charge in [-0.3, -0.25) is 9.59 Å². The van der Waals surface area contributed by atoms with Gasteiger partial charge in [-0.15, -0.1) is 11.8 Å². The topological polar surface area (TPSA) is 58.2 Å². The van der Waals surface area contributed by atoms with E-state index >= 15 is 0 Å². The second-order valence-corrected chi connectivity index (χ2v) is 8.15. The molecule has 0 bridgehead atoms. The monoisotopic (exact) mass is 454 g/mol. The Hall–Kier alpha value is -2.57. The molecule has 0 heterocycles. The largest absolute Gasteiger partial charge is 0.325 e. The van der Waals surface area contributed by atoms with E-state index in [1.807, 2.05) is 67.6 Å². The highest BCUT2D eigenvalue weighted by Crippen LogP contribution is 2.21. The Labute approximate surface area is 176 Å². The number of amides is 2. The summed E-state index contributed by atoms with van der Waals surface area (Å²) < 4.78 is 0.967. The fraction of sp³-hybridized carbons (Fsp3) is 0.0909. The normalized spacial score (nSPS) is 10.4. The Morgan fingerprint density at radius 2 is 1.39 bits per heavy atom. The molecule has 0 saturated heterocycles. The van der Waals surface area contributed by atoms with Crippen LogP contribution in [0.5, 0.6) is 0 Å². The van der Waals surface area contributed by atoms with Crippen molar-refractivity contribution in [3.63, 3.8) is 0 Å². The molecule has 0 aromatic heterocycles. The number of hydrogen-bond donors (Lipinski definition) is 2. The summed E-state index contributed by atoms with van der Waals surface area (Å²) in [5.41, 5.74) is 3.22. The Kier molecular flexibility index (Phi) is 6.90. The highest BCUT2D eigenvalue weighted by molar-refractivity contribution is 9.10. The summed E-state index contributed by atoms with van der Waals surface area (Å²) in [6.07, 6.45) is 0. The molecule has 0 atom stereocenters. The van der Waals surface area contributed by atoms with Crippen molar-refractivity contribution in [1.82, 2.24) is 0 Å². The Balaban J connectivity index is 1.49. The zero-order valence-electron chi connectivity index (χ0n) is 15.2. The van der Waals surface area contributed by atoms with Crippen LogP contribution in [0.2, 0.25) is 0 Å². The summed E-state index contributed by atoms with van der Waals surface area (Å²) in [4.78, 5) is 25.3. The molecule has 3 aromatic carbocycles. The lowest BCUT2D eigenvalue weighted by molar-refractivity contribution is -0.113. The van der Waals surface area contributed by atoms with Gasteiger partial charge in [-0.05, 0) is 67.6 Å². The molecule has 0 fully saturated rings. The zero-order valence-corrected chi connectivity index (χ0v) is 17.6. The number of aryl methyl sites for hydroxylation is 1. The number of benzene rings is 3. The minimum Gasteiger partial charge on any atom is -0.325 e. The summed E-state index contributed by atoms with van der Waals surface area (Å²) in [6, 6.07) is 22.3. The molecule has 0 saturated carbocycles. The van der Waals surface area contributed by atoms with Gasteiger partial charge in [-0.1, -0.05) is 33.6 Å². The van der Waals surface area contributed by atoms with Crippen molar-refractivity contribution in [2.45, 2.75) is 11.8 Å². The van der Waals surface area contributed by atoms with Crippen LogP contribution in [-0.2, 0) is 4.79 Å². The smallest absolute Gasteiger partial charge is 0.255 e. The number of nitrogens with one attached hydrogen (secondary N) is 2. The van der Waals surface area contributed by atoms with Crippen LogP contribution in [0.1, 0.15) is 15.9 Å². The Bertz CT molecular complexity index is 955. The molecule has 28 heavy (non-hydrogen) atoms. The molecule has 3 aromatic rings. The maximum atomic E-state index is 12.2. The molecule has 0 aliphatic heterocycles. The third kappa shape index (κ3) is 5.97. The van der Waals surface area contributed by atoms with Gasteiger partial charge >= 0.3 is 0 Å². The maximum Gasteiger partial charge on any atom is 0.255 e. The molecule has 6 heteroatoms. The van der Waals surface area contributed by atoms with Crippen LogP contribution < -0.4 is 10.6 Å². The molecule has 0 aliphatic rings. The van der Waals surface area contributed by atoms with Crippen molar-refractivity contribution in [3.05, 3.63) is 88.4 Å². The van der Waals surface area contributed by atoms with Gasteiger partial charge in [0.05, 0.1) is 5.75 Å². The van der Waals surface area contributed by atoms with Crippen molar-refractivity contribution in [2.24, 2.45) is 0 Å². The first kappa shape index (κ1) is 20.2. The van der Waals surface area contributed by atoms with E-state index in [1.165, 1.54) is 11.8 Å². The third-order valence-electron chi connectivity index (χ3n) is 3.92. The lowest BCUT2D eigenvalue weighted by Gasteiger charge is -2.08. The average Bonchev–Trinajstić information content (AvgIpc) is 2.70. The molecule has 2 N–H and O–H groups in total. The quantitative estimate of drug-likeness (QED) is 0.466. The summed E-state index contributed by atoms with van der Waals surface area (Å²) in [5.74, 6) is 0.101. The van der Waals surface area contributed by atoms with E-state index in [2.05, 4.69) is 26.6 Å². The molecular formula is C22H19BrN2O2S. The van der Waals surface area contributed by atoms with E-state index < -0.39 is 0 Å². The van der Waals surface area contributed by atoms with Crippen molar-refractivity contribution in [3.8, 4) is 0 Å². The van der Waals surface area contributed by atoms with Crippen LogP contribution in [0.4, 0.5) is 11.4 Å². The fourth-order valence-corrected chi connectivity index (χ4v) is 3.38. The van der Waals surface area contributed by atoms with Gasteiger partial charge in [0, 0.05) is 26.3 Å². The molecule has 0 spiro atoms. The molecule has 0 radical (unpaired) electrons. The van der Waals surface area contributed by atoms with Crippen LogP contribution in [-0.4, -0.2) is 17.6 Å². The highest BCUT2D eigenvalue weighted by atomic mass is 79.9. The second-order valence-electron chi connectivity index (χ2n) is 6.19. The van der Waals surface area contributed by atoms with E-state index in [1.54, 1.807) is 12.1 Å². The van der Waals surface area contributed by atoms with E-state index in [4.69, 9.17) is 0 Å². The van der Waals surface area contributed by atoms with E-state index in [-0.39, 0.29) is 11.8 Å². The number of rotatable bonds is 6. The highest BCUT2D eigenvalue weighted by Gasteiger charge is 2.07. The molecule has 3 rings (SSSR count). The molecule has 0 aliphatic carbocycles. The van der Waals surface area contributed by atoms with Crippen LogP contribution in [0.3, 0.4) is 0 Å². The number of carbonyl (C=O) groups excluding carboxylic acids is 2. The molecule has 2 amide bonds. The van der Waals surface area contributed by atoms with Gasteiger partial charge in [0.2, 0.25) is 5.91 Å².